The summed E-state index contributed by atoms with van der Waals surface area (Å²) >= 11 is 0. The molecule has 4 aliphatic rings. The van der Waals surface area contributed by atoms with Crippen molar-refractivity contribution in [3.63, 3.8) is 0 Å². The third-order valence-corrected chi connectivity index (χ3v) is 20.3. The van der Waals surface area contributed by atoms with E-state index in [0.717, 1.165) is 17.1 Å². The zero-order valence-electron chi connectivity index (χ0n) is 47.5. The molecule has 1 nitrogen and oxygen atoms in total. The summed E-state index contributed by atoms with van der Waals surface area (Å²) in [6.07, 6.45) is 0. The Morgan fingerprint density at radius 2 is 0.518 bits per heavy atom. The van der Waals surface area contributed by atoms with Gasteiger partial charge >= 0.3 is 0 Å². The van der Waals surface area contributed by atoms with Gasteiger partial charge in [0.25, 0.3) is 0 Å². The summed E-state index contributed by atoms with van der Waals surface area (Å²) in [5.41, 5.74) is 24.5. The highest BCUT2D eigenvalue weighted by atomic mass is 15.1. The lowest BCUT2D eigenvalue weighted by Crippen LogP contribution is -2.27. The summed E-state index contributed by atoms with van der Waals surface area (Å²) < 4.78 is 0. The van der Waals surface area contributed by atoms with Crippen molar-refractivity contribution in [1.29, 1.82) is 0 Å². The predicted octanol–water partition coefficient (Wildman–Crippen LogP) is 22.1. The van der Waals surface area contributed by atoms with Gasteiger partial charge in [0.2, 0.25) is 0 Å². The first-order chi connectivity index (χ1) is 41.9. The van der Waals surface area contributed by atoms with Crippen LogP contribution < -0.4 is 4.90 Å². The van der Waals surface area contributed by atoms with Crippen LogP contribution in [-0.2, 0) is 16.2 Å². The van der Waals surface area contributed by atoms with E-state index in [-0.39, 0.29) is 5.41 Å². The fourth-order valence-electron chi connectivity index (χ4n) is 17.2. The van der Waals surface area contributed by atoms with Crippen molar-refractivity contribution in [2.24, 2.45) is 0 Å². The molecule has 0 bridgehead atoms. The van der Waals surface area contributed by atoms with Crippen LogP contribution in [0.4, 0.5) is 17.1 Å². The van der Waals surface area contributed by atoms with E-state index in [9.17, 15) is 0 Å². The fourth-order valence-corrected chi connectivity index (χ4v) is 17.2. The van der Waals surface area contributed by atoms with E-state index in [1.807, 2.05) is 0 Å². The van der Waals surface area contributed by atoms with Crippen LogP contribution in [0.25, 0.3) is 109 Å². The summed E-state index contributed by atoms with van der Waals surface area (Å²) in [7, 11) is 0. The molecule has 0 aromatic heterocycles. The van der Waals surface area contributed by atoms with Gasteiger partial charge in [0.05, 0.1) is 22.2 Å². The van der Waals surface area contributed by atoms with Crippen molar-refractivity contribution >= 4 is 81.7 Å². The molecule has 0 saturated carbocycles. The third-order valence-electron chi connectivity index (χ3n) is 20.3. The monoisotopic (exact) mass is 1080 g/mol. The molecule has 15 aromatic rings. The maximum Gasteiger partial charge on any atom is 0.0732 e. The van der Waals surface area contributed by atoms with Gasteiger partial charge in [-0.15, -0.1) is 0 Å². The number of rotatable bonds is 3. The maximum atomic E-state index is 2.68. The molecule has 2 spiro atoms. The number of fused-ring (bicyclic) bond motifs is 34. The smallest absolute Gasteiger partial charge is 0.0732 e. The first kappa shape index (κ1) is 47.2. The summed E-state index contributed by atoms with van der Waals surface area (Å²) in [6.45, 7) is 6.97. The number of nitrogens with zero attached hydrogens (tertiary/aromatic N) is 1. The second-order valence-electron chi connectivity index (χ2n) is 25.2. The van der Waals surface area contributed by atoms with Crippen LogP contribution in [0.2, 0.25) is 0 Å². The average Bonchev–Trinajstić information content (AvgIpc) is 1.52. The highest BCUT2D eigenvalue weighted by Crippen LogP contribution is 2.70. The molecule has 0 N–H and O–H groups in total. The van der Waals surface area contributed by atoms with E-state index in [1.54, 1.807) is 0 Å². The number of anilines is 3. The first-order valence-electron chi connectivity index (χ1n) is 30.2. The molecule has 19 rings (SSSR count). The Morgan fingerprint density at radius 1 is 0.247 bits per heavy atom. The molecule has 0 aliphatic heterocycles. The molecular formula is C84H55N. The van der Waals surface area contributed by atoms with Gasteiger partial charge in [-0.2, -0.15) is 0 Å². The standard InChI is InChI=1S/C84H55N/c1-82(2,3)50-44-46-51(47-45-50)85(74-48-72-76(64-36-12-8-32-60(64)74)78-62-34-10-4-24-52(62)54-26-6-14-38-66(54)80(78)83(72)68-40-20-16-28-56(68)57-29-17-21-41-69(57)83)75-49-73-77(65-37-13-9-33-61(65)75)79-63-35-11-5-25-53(63)55-27-7-15-39-67(55)81(79)84(73)70-42-22-18-30-58(70)59-31-19-23-43-71(59)84/h4-49H,1-3H3. The molecule has 0 amide bonds. The van der Waals surface area contributed by atoms with Crippen LogP contribution in [0, 0.1) is 0 Å². The highest BCUT2D eigenvalue weighted by Gasteiger charge is 2.56. The van der Waals surface area contributed by atoms with Crippen molar-refractivity contribution in [3.05, 3.63) is 329 Å². The van der Waals surface area contributed by atoms with Crippen LogP contribution in [0.15, 0.2) is 279 Å². The Balaban J connectivity index is 1.01. The molecule has 1 heteroatoms. The molecule has 0 radical (unpaired) electrons. The van der Waals surface area contributed by atoms with E-state index in [1.165, 1.54) is 159 Å². The molecule has 85 heavy (non-hydrogen) atoms. The first-order valence-corrected chi connectivity index (χ1v) is 30.2. The Bertz CT molecular complexity index is 5070. The van der Waals surface area contributed by atoms with Crippen molar-refractivity contribution in [3.8, 4) is 44.5 Å². The molecule has 0 fully saturated rings. The Kier molecular flexibility index (Phi) is 9.26. The number of hydrogen-bond donors (Lipinski definition) is 0. The molecule has 0 atom stereocenters. The molecular weight excluding hydrogens is 1020 g/mol. The second-order valence-corrected chi connectivity index (χ2v) is 25.2. The van der Waals surface area contributed by atoms with Crippen LogP contribution in [0.3, 0.4) is 0 Å². The Morgan fingerprint density at radius 3 is 0.859 bits per heavy atom. The Labute approximate surface area is 494 Å². The van der Waals surface area contributed by atoms with Crippen LogP contribution >= 0.6 is 0 Å². The van der Waals surface area contributed by atoms with Gasteiger partial charge in [-0.1, -0.05) is 276 Å². The van der Waals surface area contributed by atoms with E-state index >= 15 is 0 Å². The van der Waals surface area contributed by atoms with Crippen molar-refractivity contribution < 1.29 is 0 Å². The zero-order chi connectivity index (χ0) is 56.1. The quantitative estimate of drug-likeness (QED) is 0.159. The molecule has 0 unspecified atom stereocenters. The average molecular weight is 1080 g/mol. The summed E-state index contributed by atoms with van der Waals surface area (Å²) in [4.78, 5) is 2.68. The van der Waals surface area contributed by atoms with Gasteiger partial charge in [0, 0.05) is 16.5 Å². The van der Waals surface area contributed by atoms with Crippen LogP contribution in [-0.4, -0.2) is 0 Å². The SMILES string of the molecule is CC(C)(C)c1ccc(N(c2cc3c(c4ccccc24)-c2c(c4ccccc4c4ccccc24)C32c3ccccc3-c3ccccc32)c2cc3c(c4ccccc24)-c2c(c4ccccc4c4ccccc24)C32c3ccccc3-c3ccccc32)cc1. The minimum atomic E-state index is -0.660. The largest absolute Gasteiger partial charge is 0.309 e. The van der Waals surface area contributed by atoms with E-state index in [2.05, 4.69) is 305 Å². The lowest BCUT2D eigenvalue weighted by atomic mass is 9.68. The summed E-state index contributed by atoms with van der Waals surface area (Å²) in [6, 6.07) is 108. The molecule has 0 heterocycles. The van der Waals surface area contributed by atoms with Gasteiger partial charge in [-0.05, 0) is 178 Å². The zero-order valence-corrected chi connectivity index (χ0v) is 47.5. The number of hydrogen-bond acceptors (Lipinski definition) is 1. The molecule has 15 aromatic carbocycles. The van der Waals surface area contributed by atoms with E-state index in [0.29, 0.717) is 0 Å². The topological polar surface area (TPSA) is 3.24 Å². The molecule has 0 saturated heterocycles. The van der Waals surface area contributed by atoms with E-state index < -0.39 is 10.8 Å². The number of benzene rings is 15. The van der Waals surface area contributed by atoms with Gasteiger partial charge in [-0.3, -0.25) is 0 Å². The van der Waals surface area contributed by atoms with Gasteiger partial charge in [0.15, 0.2) is 0 Å². The Hall–Kier alpha value is -10.3. The van der Waals surface area contributed by atoms with Crippen LogP contribution in [0.5, 0.6) is 0 Å². The van der Waals surface area contributed by atoms with Gasteiger partial charge in [0.1, 0.15) is 0 Å². The fraction of sp³-hybridized carbons (Fsp3) is 0.0714. The molecule has 396 valence electrons. The summed E-state index contributed by atoms with van der Waals surface area (Å²) in [5.74, 6) is 0. The van der Waals surface area contributed by atoms with Crippen LogP contribution in [0.1, 0.15) is 70.8 Å². The second kappa shape index (κ2) is 16.7. The predicted molar refractivity (Wildman–Crippen MR) is 357 cm³/mol. The lowest BCUT2D eigenvalue weighted by Gasteiger charge is -2.35. The van der Waals surface area contributed by atoms with Crippen molar-refractivity contribution in [2.45, 2.75) is 37.0 Å². The highest BCUT2D eigenvalue weighted by molar-refractivity contribution is 6.27. The van der Waals surface area contributed by atoms with Gasteiger partial charge < -0.3 is 4.90 Å². The van der Waals surface area contributed by atoms with Gasteiger partial charge in [-0.25, -0.2) is 0 Å². The minimum absolute atomic E-state index is 0.0518. The normalized spacial score (nSPS) is 14.2. The third kappa shape index (κ3) is 5.79. The molecule has 4 aliphatic carbocycles. The summed E-state index contributed by atoms with van der Waals surface area (Å²) in [5, 5.41) is 15.2. The lowest BCUT2D eigenvalue weighted by molar-refractivity contribution is 0.590. The van der Waals surface area contributed by atoms with E-state index in [4.69, 9.17) is 0 Å². The van der Waals surface area contributed by atoms with Crippen molar-refractivity contribution in [1.82, 2.24) is 0 Å². The van der Waals surface area contributed by atoms with Crippen molar-refractivity contribution in [2.75, 3.05) is 4.90 Å². The minimum Gasteiger partial charge on any atom is -0.309 e. The maximum absolute atomic E-state index is 2.68.